The van der Waals surface area contributed by atoms with Gasteiger partial charge in [-0.3, -0.25) is 4.79 Å². The molecule has 1 saturated heterocycles. The van der Waals surface area contributed by atoms with Crippen LogP contribution in [0.3, 0.4) is 0 Å². The maximum Gasteiger partial charge on any atom is 0.240 e. The second kappa shape index (κ2) is 5.70. The van der Waals surface area contributed by atoms with Crippen LogP contribution in [0.4, 0.5) is 4.39 Å². The first kappa shape index (κ1) is 14.0. The predicted molar refractivity (Wildman–Crippen MR) is 73.2 cm³/mol. The fraction of sp³-hybridized carbons (Fsp3) is 0.533. The number of carbonyl (C=O) groups is 1. The normalized spacial score (nSPS) is 21.2. The van der Waals surface area contributed by atoms with Gasteiger partial charge in [-0.05, 0) is 31.0 Å². The van der Waals surface area contributed by atoms with Crippen molar-refractivity contribution in [3.63, 3.8) is 0 Å². The lowest BCUT2D eigenvalue weighted by atomic mass is 10.1. The minimum atomic E-state index is -0.247. The Balaban J connectivity index is 2.06. The summed E-state index contributed by atoms with van der Waals surface area (Å²) in [6.07, 6.45) is 0.836. The summed E-state index contributed by atoms with van der Waals surface area (Å²) in [5.74, 6) is -0.103. The van der Waals surface area contributed by atoms with Crippen molar-refractivity contribution in [1.82, 2.24) is 10.2 Å². The van der Waals surface area contributed by atoms with E-state index in [-0.39, 0.29) is 23.8 Å². The average molecular weight is 264 g/mol. The molecule has 0 aromatic heterocycles. The number of hydrogen-bond acceptors (Lipinski definition) is 2. The molecule has 1 heterocycles. The van der Waals surface area contributed by atoms with Crippen LogP contribution in [0.1, 0.15) is 38.8 Å². The summed E-state index contributed by atoms with van der Waals surface area (Å²) in [5.41, 5.74) is 0.972. The quantitative estimate of drug-likeness (QED) is 0.906. The van der Waals surface area contributed by atoms with Crippen molar-refractivity contribution in [2.24, 2.45) is 0 Å². The summed E-state index contributed by atoms with van der Waals surface area (Å²) in [7, 11) is 0. The van der Waals surface area contributed by atoms with Crippen LogP contribution in [-0.4, -0.2) is 29.4 Å². The van der Waals surface area contributed by atoms with E-state index in [0.29, 0.717) is 6.04 Å². The highest BCUT2D eigenvalue weighted by molar-refractivity contribution is 5.84. The van der Waals surface area contributed by atoms with Crippen LogP contribution >= 0.6 is 0 Å². The van der Waals surface area contributed by atoms with Crippen molar-refractivity contribution >= 4 is 5.91 Å². The number of halogens is 1. The molecule has 2 atom stereocenters. The second-order valence-electron chi connectivity index (χ2n) is 5.42. The Bertz CT molecular complexity index is 444. The van der Waals surface area contributed by atoms with Crippen molar-refractivity contribution in [1.29, 1.82) is 0 Å². The number of nitrogens with zero attached hydrogens (tertiary/aromatic N) is 1. The number of nitrogens with one attached hydrogen (secondary N) is 1. The molecule has 1 amide bonds. The molecule has 1 N–H and O–H groups in total. The summed E-state index contributed by atoms with van der Waals surface area (Å²) in [6, 6.07) is 6.59. The van der Waals surface area contributed by atoms with E-state index in [1.807, 2.05) is 25.7 Å². The molecular weight excluding hydrogens is 243 g/mol. The molecule has 104 valence electrons. The highest BCUT2D eigenvalue weighted by Gasteiger charge is 2.34. The molecule has 2 unspecified atom stereocenters. The average Bonchev–Trinajstić information content (AvgIpc) is 2.70. The van der Waals surface area contributed by atoms with Crippen LogP contribution in [0, 0.1) is 5.82 Å². The smallest absolute Gasteiger partial charge is 0.240 e. The Morgan fingerprint density at radius 2 is 1.89 bits per heavy atom. The van der Waals surface area contributed by atoms with E-state index in [1.54, 1.807) is 12.1 Å². The SMILES string of the molecule is CC(C)NC1CCN(C(C)c2ccc(F)cc2)C1=O. The van der Waals surface area contributed by atoms with Crippen molar-refractivity contribution in [2.75, 3.05) is 6.54 Å². The van der Waals surface area contributed by atoms with Gasteiger partial charge in [0, 0.05) is 12.6 Å². The summed E-state index contributed by atoms with van der Waals surface area (Å²) >= 11 is 0. The van der Waals surface area contributed by atoms with Gasteiger partial charge in [0.05, 0.1) is 12.1 Å². The fourth-order valence-electron chi connectivity index (χ4n) is 2.56. The number of likely N-dealkylation sites (tertiary alicyclic amines) is 1. The maximum atomic E-state index is 12.9. The van der Waals surface area contributed by atoms with Crippen LogP contribution in [0.25, 0.3) is 0 Å². The van der Waals surface area contributed by atoms with E-state index in [4.69, 9.17) is 0 Å². The van der Waals surface area contributed by atoms with Crippen LogP contribution in [-0.2, 0) is 4.79 Å². The van der Waals surface area contributed by atoms with E-state index in [9.17, 15) is 9.18 Å². The van der Waals surface area contributed by atoms with Gasteiger partial charge in [0.2, 0.25) is 5.91 Å². The van der Waals surface area contributed by atoms with Gasteiger partial charge in [0.25, 0.3) is 0 Å². The molecule has 2 rings (SSSR count). The molecule has 4 heteroatoms. The molecule has 3 nitrogen and oxygen atoms in total. The van der Waals surface area contributed by atoms with Gasteiger partial charge in [0.15, 0.2) is 0 Å². The van der Waals surface area contributed by atoms with Crippen LogP contribution < -0.4 is 5.32 Å². The lowest BCUT2D eigenvalue weighted by Gasteiger charge is -2.25. The van der Waals surface area contributed by atoms with Crippen molar-refractivity contribution in [2.45, 2.75) is 45.3 Å². The standard InChI is InChI=1S/C15H21FN2O/c1-10(2)17-14-8-9-18(15(14)19)11(3)12-4-6-13(16)7-5-12/h4-7,10-11,14,17H,8-9H2,1-3H3. The number of rotatable bonds is 4. The Morgan fingerprint density at radius 1 is 1.26 bits per heavy atom. The van der Waals surface area contributed by atoms with E-state index in [2.05, 4.69) is 5.32 Å². The first-order valence-electron chi connectivity index (χ1n) is 6.81. The molecular formula is C15H21FN2O. The molecule has 0 radical (unpaired) electrons. The van der Waals surface area contributed by atoms with Gasteiger partial charge >= 0.3 is 0 Å². The molecule has 1 fully saturated rings. The third kappa shape index (κ3) is 3.13. The van der Waals surface area contributed by atoms with Gasteiger partial charge in [-0.1, -0.05) is 26.0 Å². The highest BCUT2D eigenvalue weighted by atomic mass is 19.1. The first-order chi connectivity index (χ1) is 8.99. The molecule has 0 bridgehead atoms. The van der Waals surface area contributed by atoms with Crippen LogP contribution in [0.5, 0.6) is 0 Å². The van der Waals surface area contributed by atoms with Crippen molar-refractivity contribution < 1.29 is 9.18 Å². The number of hydrogen-bond donors (Lipinski definition) is 1. The van der Waals surface area contributed by atoms with E-state index in [0.717, 1.165) is 18.5 Å². The maximum absolute atomic E-state index is 12.9. The van der Waals surface area contributed by atoms with Gasteiger partial charge in [-0.15, -0.1) is 0 Å². The second-order valence-corrected chi connectivity index (χ2v) is 5.42. The number of amides is 1. The summed E-state index contributed by atoms with van der Waals surface area (Å²) < 4.78 is 12.9. The van der Waals surface area contributed by atoms with E-state index < -0.39 is 0 Å². The van der Waals surface area contributed by atoms with Gasteiger partial charge in [0.1, 0.15) is 5.82 Å². The monoisotopic (exact) mass is 264 g/mol. The lowest BCUT2D eigenvalue weighted by molar-refractivity contribution is -0.131. The number of carbonyl (C=O) groups excluding carboxylic acids is 1. The third-order valence-electron chi connectivity index (χ3n) is 3.59. The summed E-state index contributed by atoms with van der Waals surface area (Å²) in [6.45, 7) is 6.82. The fourth-order valence-corrected chi connectivity index (χ4v) is 2.56. The third-order valence-corrected chi connectivity index (χ3v) is 3.59. The zero-order valence-electron chi connectivity index (χ0n) is 11.7. The largest absolute Gasteiger partial charge is 0.335 e. The molecule has 0 saturated carbocycles. The highest BCUT2D eigenvalue weighted by Crippen LogP contribution is 2.26. The molecule has 1 aromatic rings. The molecule has 1 aliphatic heterocycles. The Hall–Kier alpha value is -1.42. The van der Waals surface area contributed by atoms with Crippen LogP contribution in [0.15, 0.2) is 24.3 Å². The zero-order chi connectivity index (χ0) is 14.0. The molecule has 0 aliphatic carbocycles. The minimum absolute atomic E-state index is 0.00735. The Kier molecular flexibility index (Phi) is 4.20. The van der Waals surface area contributed by atoms with E-state index >= 15 is 0 Å². The Labute approximate surface area is 113 Å². The molecule has 19 heavy (non-hydrogen) atoms. The summed E-state index contributed by atoms with van der Waals surface area (Å²) in [4.78, 5) is 14.2. The molecule has 0 spiro atoms. The number of benzene rings is 1. The van der Waals surface area contributed by atoms with Gasteiger partial charge < -0.3 is 10.2 Å². The summed E-state index contributed by atoms with van der Waals surface area (Å²) in [5, 5.41) is 3.29. The van der Waals surface area contributed by atoms with Crippen molar-refractivity contribution in [3.8, 4) is 0 Å². The predicted octanol–water partition coefficient (Wildman–Crippen LogP) is 2.49. The van der Waals surface area contributed by atoms with Crippen LogP contribution in [0.2, 0.25) is 0 Å². The van der Waals surface area contributed by atoms with Crippen molar-refractivity contribution in [3.05, 3.63) is 35.6 Å². The Morgan fingerprint density at radius 3 is 2.47 bits per heavy atom. The zero-order valence-corrected chi connectivity index (χ0v) is 11.7. The lowest BCUT2D eigenvalue weighted by Crippen LogP contribution is -2.42. The van der Waals surface area contributed by atoms with Gasteiger partial charge in [-0.2, -0.15) is 0 Å². The molecule has 1 aliphatic rings. The minimum Gasteiger partial charge on any atom is -0.335 e. The van der Waals surface area contributed by atoms with E-state index in [1.165, 1.54) is 12.1 Å². The van der Waals surface area contributed by atoms with Gasteiger partial charge in [-0.25, -0.2) is 4.39 Å². The topological polar surface area (TPSA) is 32.3 Å². The first-order valence-corrected chi connectivity index (χ1v) is 6.81. The molecule has 1 aromatic carbocycles.